The first-order valence-electron chi connectivity index (χ1n) is 28.7. The van der Waals surface area contributed by atoms with Crippen LogP contribution in [0.1, 0.15) is 162 Å². The maximum atomic E-state index is 13.8. The van der Waals surface area contributed by atoms with Gasteiger partial charge in [-0.1, -0.05) is 94.9 Å². The van der Waals surface area contributed by atoms with Crippen LogP contribution in [0.15, 0.2) is 24.3 Å². The number of rotatable bonds is 11. The molecule has 1 aromatic carbocycles. The van der Waals surface area contributed by atoms with Crippen molar-refractivity contribution in [3.8, 4) is 5.75 Å². The zero-order chi connectivity index (χ0) is 62.4. The van der Waals surface area contributed by atoms with Gasteiger partial charge in [-0.15, -0.1) is 12.4 Å². The SMILES string of the molecule is CC(C)(C)S(=O)(=O)[C@@H]1CCCC[C@@H]1N.COC(=O)[C@@H]1[C@@H]2[C@H](CN1C(=O)[C@@H](NC(=O)N[C@H]1CCCC[C@H]1S(=O)(=O)C(C)(C)C)C(C)(C)C)C2(C)C.COC(=O)[C@@H]1[C@@H]2[C@H](CN1C(=O)[C@@H](NC(=O)Oc1ccc([N+](=O)[O-])cc1)C(C)(C)C)C2(C)C.Cl. The number of non-ortho nitro benzene ring substituents is 1. The first kappa shape index (κ1) is 70.7. The normalized spacial score (nSPS) is 27.7. The largest absolute Gasteiger partial charge is 0.467 e. The van der Waals surface area contributed by atoms with Crippen molar-refractivity contribution in [3.05, 3.63) is 34.4 Å². The van der Waals surface area contributed by atoms with E-state index in [0.717, 1.165) is 38.5 Å². The van der Waals surface area contributed by atoms with Crippen LogP contribution in [0.25, 0.3) is 0 Å². The topological polar surface area (TPSA) is 310 Å². The summed E-state index contributed by atoms with van der Waals surface area (Å²) in [6, 6.07) is 0.569. The Morgan fingerprint density at radius 2 is 1.02 bits per heavy atom. The number of hydrogen-bond acceptors (Lipinski definition) is 16. The molecule has 83 heavy (non-hydrogen) atoms. The van der Waals surface area contributed by atoms with E-state index in [1.54, 1.807) is 67.2 Å². The molecular formula is C58H96ClN7O15S2. The number of nitrogens with two attached hydrogens (primary N) is 1. The van der Waals surface area contributed by atoms with Crippen molar-refractivity contribution in [3.63, 3.8) is 0 Å². The lowest BCUT2D eigenvalue weighted by molar-refractivity contribution is -0.384. The van der Waals surface area contributed by atoms with Gasteiger partial charge in [0, 0.05) is 49.1 Å². The van der Waals surface area contributed by atoms with E-state index in [4.69, 9.17) is 19.9 Å². The number of carbonyl (C=O) groups is 6. The smallest absolute Gasteiger partial charge is 0.413 e. The summed E-state index contributed by atoms with van der Waals surface area (Å²) in [6.07, 6.45) is 5.47. The number of likely N-dealkylation sites (tertiary alicyclic amines) is 2. The van der Waals surface area contributed by atoms with Crippen LogP contribution >= 0.6 is 12.4 Å². The van der Waals surface area contributed by atoms with Crippen LogP contribution in [-0.4, -0.2) is 151 Å². The van der Waals surface area contributed by atoms with E-state index in [0.29, 0.717) is 25.9 Å². The summed E-state index contributed by atoms with van der Waals surface area (Å²) >= 11 is 0. The molecule has 0 bridgehead atoms. The van der Waals surface area contributed by atoms with E-state index in [1.807, 2.05) is 20.8 Å². The zero-order valence-corrected chi connectivity index (χ0v) is 54.5. The van der Waals surface area contributed by atoms with Crippen LogP contribution in [0.2, 0.25) is 0 Å². The Bertz CT molecular complexity index is 2790. The van der Waals surface area contributed by atoms with Crippen LogP contribution in [0, 0.1) is 55.4 Å². The molecule has 7 rings (SSSR count). The number of sulfone groups is 2. The Morgan fingerprint density at radius 3 is 1.41 bits per heavy atom. The molecule has 472 valence electrons. The molecule has 4 aliphatic carbocycles. The van der Waals surface area contributed by atoms with Crippen molar-refractivity contribution >= 4 is 73.6 Å². The molecule has 2 saturated heterocycles. The molecule has 0 unspecified atom stereocenters. The number of urea groups is 1. The molecule has 1 aromatic rings. The molecule has 25 heteroatoms. The predicted octanol–water partition coefficient (Wildman–Crippen LogP) is 7.53. The second-order valence-electron chi connectivity index (χ2n) is 28.6. The highest BCUT2D eigenvalue weighted by Crippen LogP contribution is 2.66. The first-order chi connectivity index (χ1) is 37.4. The highest BCUT2D eigenvalue weighted by atomic mass is 35.5. The molecule has 6 aliphatic rings. The highest BCUT2D eigenvalue weighted by molar-refractivity contribution is 7.93. The zero-order valence-electron chi connectivity index (χ0n) is 52.1. The highest BCUT2D eigenvalue weighted by Gasteiger charge is 2.71. The molecule has 2 aliphatic heterocycles. The number of halogens is 1. The van der Waals surface area contributed by atoms with E-state index in [9.17, 15) is 55.7 Å². The Hall–Kier alpha value is -4.81. The van der Waals surface area contributed by atoms with Gasteiger partial charge in [0.25, 0.3) is 5.69 Å². The van der Waals surface area contributed by atoms with Crippen molar-refractivity contribution in [2.45, 2.75) is 218 Å². The minimum Gasteiger partial charge on any atom is -0.467 e. The van der Waals surface area contributed by atoms with Crippen LogP contribution in [-0.2, 0) is 48.3 Å². The van der Waals surface area contributed by atoms with Gasteiger partial charge < -0.3 is 45.7 Å². The fourth-order valence-electron chi connectivity index (χ4n) is 12.7. The van der Waals surface area contributed by atoms with Crippen molar-refractivity contribution in [1.29, 1.82) is 0 Å². The number of nitrogens with zero attached hydrogens (tertiary/aromatic N) is 3. The Morgan fingerprint density at radius 1 is 0.639 bits per heavy atom. The Kier molecular flexibility index (Phi) is 21.8. The number of amides is 5. The first-order valence-corrected chi connectivity index (χ1v) is 31.8. The lowest BCUT2D eigenvalue weighted by Gasteiger charge is -2.38. The van der Waals surface area contributed by atoms with Crippen molar-refractivity contribution < 1.29 is 64.7 Å². The third-order valence-corrected chi connectivity index (χ3v) is 24.3. The summed E-state index contributed by atoms with van der Waals surface area (Å²) < 4.78 is 64.3. The molecule has 12 atom stereocenters. The van der Waals surface area contributed by atoms with Gasteiger partial charge in [0.2, 0.25) is 11.8 Å². The minimum atomic E-state index is -3.48. The molecule has 4 saturated carbocycles. The Balaban J connectivity index is 0.000000289. The maximum absolute atomic E-state index is 13.8. The quantitative estimate of drug-likeness (QED) is 0.0945. The number of carbonyl (C=O) groups excluding carboxylic acids is 6. The molecule has 5 N–H and O–H groups in total. The van der Waals surface area contributed by atoms with Gasteiger partial charge in [-0.2, -0.15) is 0 Å². The number of nitro benzene ring substituents is 1. The van der Waals surface area contributed by atoms with Crippen LogP contribution in [0.3, 0.4) is 0 Å². The third-order valence-electron chi connectivity index (χ3n) is 18.2. The molecular weight excluding hydrogens is 1130 g/mol. The predicted molar refractivity (Wildman–Crippen MR) is 318 cm³/mol. The molecule has 22 nitrogen and oxygen atoms in total. The average molecular weight is 1230 g/mol. The second-order valence-corrected chi connectivity index (χ2v) is 34.4. The lowest BCUT2D eigenvalue weighted by atomic mass is 9.85. The molecule has 2 heterocycles. The Labute approximate surface area is 498 Å². The number of esters is 2. The van der Waals surface area contributed by atoms with E-state index < -0.39 is 104 Å². The van der Waals surface area contributed by atoms with Gasteiger partial charge >= 0.3 is 24.1 Å². The number of hydrogen-bond donors (Lipinski definition) is 4. The van der Waals surface area contributed by atoms with Gasteiger partial charge in [0.15, 0.2) is 19.7 Å². The molecule has 6 fully saturated rings. The average Bonchev–Trinajstić information content (AvgIpc) is 2.23. The van der Waals surface area contributed by atoms with Gasteiger partial charge in [-0.05, 0) is 113 Å². The molecule has 0 radical (unpaired) electrons. The van der Waals surface area contributed by atoms with E-state index in [2.05, 4.69) is 43.6 Å². The monoisotopic (exact) mass is 1230 g/mol. The van der Waals surface area contributed by atoms with E-state index >= 15 is 0 Å². The molecule has 0 aromatic heterocycles. The van der Waals surface area contributed by atoms with Crippen molar-refractivity contribution in [2.75, 3.05) is 27.3 Å². The molecule has 5 amide bonds. The van der Waals surface area contributed by atoms with Crippen LogP contribution < -0.4 is 26.4 Å². The summed E-state index contributed by atoms with van der Waals surface area (Å²) in [5, 5.41) is 18.1. The van der Waals surface area contributed by atoms with E-state index in [-0.39, 0.29) is 81.5 Å². The van der Waals surface area contributed by atoms with Gasteiger partial charge in [0.1, 0.15) is 29.9 Å². The fraction of sp³-hybridized carbons (Fsp3) is 0.793. The number of methoxy groups -OCH3 is 2. The standard InChI is InChI=1S/C26H45N3O6S.C22H29N3O7.C10H21NO2S.ClH/c1-24(2,3)20(21(30)29-14-15-18(26(15,7)8)19(29)22(31)35-9)28-23(32)27-16-12-10-11-13-17(16)36(33,34)25(4,5)6;1-21(2,3)17(23-20(28)32-13-9-7-12(8-10-13)25(29)30)18(26)24-11-14-15(22(14,4)5)16(24)19(27)31-6;1-10(2,3)14(12,13)9-7-5-4-6-8(9)11;/h15-20H,10-14H2,1-9H3,(H2,27,28,32);7-10,14-17H,11H2,1-6H3,(H,23,28);8-9H,4-7,11H2,1-3H3;1H/t15-,16-,17+,18-,19-,20+;14-,15-,16-,17+;8-,9+;/m000./s1. The summed E-state index contributed by atoms with van der Waals surface area (Å²) in [5.41, 5.74) is 4.36. The minimum absolute atomic E-state index is 0. The van der Waals surface area contributed by atoms with Gasteiger partial charge in [-0.25, -0.2) is 36.0 Å². The number of nitro groups is 1. The second kappa shape index (κ2) is 25.6. The summed E-state index contributed by atoms with van der Waals surface area (Å²) in [6.45, 7) is 30.5. The van der Waals surface area contributed by atoms with Crippen LogP contribution in [0.4, 0.5) is 15.3 Å². The number of fused-ring (bicyclic) bond motifs is 2. The summed E-state index contributed by atoms with van der Waals surface area (Å²) in [4.78, 5) is 91.4. The number of ether oxygens (including phenoxy) is 3. The van der Waals surface area contributed by atoms with Crippen molar-refractivity contribution in [1.82, 2.24) is 25.8 Å². The van der Waals surface area contributed by atoms with Gasteiger partial charge in [-0.3, -0.25) is 19.7 Å². The third kappa shape index (κ3) is 15.2. The maximum Gasteiger partial charge on any atom is 0.413 e. The van der Waals surface area contributed by atoms with Crippen molar-refractivity contribution in [2.24, 2.45) is 51.1 Å². The lowest BCUT2D eigenvalue weighted by Crippen LogP contribution is -2.61. The fourth-order valence-corrected chi connectivity index (χ4v) is 16.7. The number of nitrogens with one attached hydrogen (secondary N) is 3. The van der Waals surface area contributed by atoms with Gasteiger partial charge in [0.05, 0.1) is 39.1 Å². The van der Waals surface area contributed by atoms with E-state index in [1.165, 1.54) is 43.4 Å². The van der Waals surface area contributed by atoms with Crippen LogP contribution in [0.5, 0.6) is 5.75 Å². The number of benzene rings is 1. The molecule has 0 spiro atoms. The number of piperidine rings is 2. The summed E-state index contributed by atoms with van der Waals surface area (Å²) in [7, 11) is -3.93. The summed E-state index contributed by atoms with van der Waals surface area (Å²) in [5.74, 6) is -1.03.